The van der Waals surface area contributed by atoms with Crippen molar-refractivity contribution in [3.8, 4) is 16.9 Å². The molecule has 0 saturated heterocycles. The van der Waals surface area contributed by atoms with E-state index in [4.69, 9.17) is 9.47 Å². The maximum absolute atomic E-state index is 14.2. The molecule has 0 bridgehead atoms. The van der Waals surface area contributed by atoms with Crippen molar-refractivity contribution in [1.29, 1.82) is 0 Å². The van der Waals surface area contributed by atoms with Crippen molar-refractivity contribution in [2.45, 2.75) is 120 Å². The van der Waals surface area contributed by atoms with Crippen LogP contribution in [0.15, 0.2) is 146 Å². The standard InChI is InChI=1S/C60H65N3O5/c1-2-3-29-55(59(65)62-57(44-22-11-8-12-23-44)45-33-30-42(31-34-45)41-19-9-6-4-5-7-10-20-41)61-56(64)40-67-47-36-37-49-46(38-47)35-32-43-21-13-14-24-48(43)58(49)63-60(66)68-39-54-52-27-17-15-25-50(52)51-26-16-18-28-53(51)54/h8,11-18,21-28,30-31,33-34,36-38,41,54-55,57-58H,2-7,9-10,19-20,29,32,35,39-40H2,1H3,(H,61,64)(H,62,65)(H,63,66). The van der Waals surface area contributed by atoms with Gasteiger partial charge in [-0.1, -0.05) is 192 Å². The minimum Gasteiger partial charge on any atom is -0.484 e. The van der Waals surface area contributed by atoms with Crippen molar-refractivity contribution in [1.82, 2.24) is 16.0 Å². The van der Waals surface area contributed by atoms with Crippen LogP contribution >= 0.6 is 0 Å². The third-order valence-electron chi connectivity index (χ3n) is 14.4. The molecule has 3 aliphatic carbocycles. The van der Waals surface area contributed by atoms with Crippen molar-refractivity contribution >= 4 is 17.9 Å². The summed E-state index contributed by atoms with van der Waals surface area (Å²) in [6.07, 6.45) is 13.5. The SMILES string of the molecule is CCCCC(NC(=O)COc1ccc2c(c1)CCc1ccccc1C2NC(=O)OCC1c2ccccc2-c2ccccc21)C(=O)NC(c1ccccc1)c1ccc(C2CCCCCCCC2)cc1. The van der Waals surface area contributed by atoms with Gasteiger partial charge in [-0.3, -0.25) is 9.59 Å². The van der Waals surface area contributed by atoms with Crippen LogP contribution in [0.5, 0.6) is 5.75 Å². The molecular weight excluding hydrogens is 843 g/mol. The van der Waals surface area contributed by atoms with Gasteiger partial charge in [0, 0.05) is 5.92 Å². The predicted molar refractivity (Wildman–Crippen MR) is 270 cm³/mol. The number of rotatable bonds is 15. The van der Waals surface area contributed by atoms with Crippen molar-refractivity contribution < 1.29 is 23.9 Å². The summed E-state index contributed by atoms with van der Waals surface area (Å²) < 4.78 is 12.2. The quantitative estimate of drug-likeness (QED) is 0.0952. The van der Waals surface area contributed by atoms with Crippen LogP contribution in [0, 0.1) is 0 Å². The molecule has 3 unspecified atom stereocenters. The predicted octanol–water partition coefficient (Wildman–Crippen LogP) is 12.6. The van der Waals surface area contributed by atoms with Crippen LogP contribution in [0.4, 0.5) is 4.79 Å². The van der Waals surface area contributed by atoms with Gasteiger partial charge in [0.1, 0.15) is 18.4 Å². The highest BCUT2D eigenvalue weighted by Crippen LogP contribution is 2.45. The number of unbranched alkanes of at least 4 members (excludes halogenated alkanes) is 1. The molecule has 0 spiro atoms. The van der Waals surface area contributed by atoms with Crippen LogP contribution in [0.2, 0.25) is 0 Å². The molecule has 0 aliphatic heterocycles. The highest BCUT2D eigenvalue weighted by atomic mass is 16.5. The Bertz CT molecular complexity index is 2610. The van der Waals surface area contributed by atoms with Gasteiger partial charge in [-0.05, 0) is 111 Å². The van der Waals surface area contributed by atoms with Crippen LogP contribution in [0.1, 0.15) is 152 Å². The second kappa shape index (κ2) is 22.4. The zero-order valence-corrected chi connectivity index (χ0v) is 39.4. The fourth-order valence-corrected chi connectivity index (χ4v) is 10.8. The molecule has 350 valence electrons. The van der Waals surface area contributed by atoms with Crippen LogP contribution in [0.25, 0.3) is 11.1 Å². The highest BCUT2D eigenvalue weighted by Gasteiger charge is 2.31. The molecule has 0 aromatic heterocycles. The van der Waals surface area contributed by atoms with E-state index in [1.807, 2.05) is 84.9 Å². The lowest BCUT2D eigenvalue weighted by Crippen LogP contribution is -2.49. The summed E-state index contributed by atoms with van der Waals surface area (Å²) in [5.41, 5.74) is 12.2. The Hall–Kier alpha value is -6.67. The van der Waals surface area contributed by atoms with E-state index in [9.17, 15) is 14.4 Å². The Kier molecular flexibility index (Phi) is 15.3. The van der Waals surface area contributed by atoms with Gasteiger partial charge in [-0.25, -0.2) is 4.79 Å². The number of fused-ring (bicyclic) bond motifs is 5. The summed E-state index contributed by atoms with van der Waals surface area (Å²) >= 11 is 0. The number of nitrogens with one attached hydrogen (secondary N) is 3. The molecule has 3 atom stereocenters. The molecule has 0 radical (unpaired) electrons. The summed E-state index contributed by atoms with van der Waals surface area (Å²) in [4.78, 5) is 41.6. The van der Waals surface area contributed by atoms with Gasteiger partial charge in [-0.15, -0.1) is 0 Å². The maximum atomic E-state index is 14.2. The zero-order chi connectivity index (χ0) is 46.7. The number of carbonyl (C=O) groups excluding carboxylic acids is 3. The number of hydrogen-bond acceptors (Lipinski definition) is 5. The number of alkyl carbamates (subject to hydrolysis) is 1. The lowest BCUT2D eigenvalue weighted by Gasteiger charge is -2.25. The zero-order valence-electron chi connectivity index (χ0n) is 39.4. The fraction of sp³-hybridized carbons (Fsp3) is 0.350. The molecule has 1 fully saturated rings. The second-order valence-electron chi connectivity index (χ2n) is 18.9. The summed E-state index contributed by atoms with van der Waals surface area (Å²) in [6.45, 7) is 2.06. The van der Waals surface area contributed by atoms with E-state index in [1.54, 1.807) is 0 Å². The van der Waals surface area contributed by atoms with E-state index in [1.165, 1.54) is 68.1 Å². The smallest absolute Gasteiger partial charge is 0.407 e. The first kappa shape index (κ1) is 46.4. The molecule has 0 heterocycles. The Morgan fingerprint density at radius 1 is 0.618 bits per heavy atom. The molecule has 9 rings (SSSR count). The molecule has 3 aliphatic rings. The van der Waals surface area contributed by atoms with Gasteiger partial charge >= 0.3 is 6.09 Å². The van der Waals surface area contributed by atoms with Crippen LogP contribution in [0.3, 0.4) is 0 Å². The number of benzene rings is 6. The van der Waals surface area contributed by atoms with Crippen molar-refractivity contribution in [3.05, 3.63) is 196 Å². The average molecular weight is 908 g/mol. The van der Waals surface area contributed by atoms with Gasteiger partial charge < -0.3 is 25.4 Å². The van der Waals surface area contributed by atoms with E-state index < -0.39 is 18.2 Å². The highest BCUT2D eigenvalue weighted by molar-refractivity contribution is 5.88. The lowest BCUT2D eigenvalue weighted by molar-refractivity contribution is -0.130. The molecule has 6 aromatic carbocycles. The van der Waals surface area contributed by atoms with Gasteiger partial charge in [-0.2, -0.15) is 0 Å². The van der Waals surface area contributed by atoms with E-state index in [0.717, 1.165) is 70.2 Å². The summed E-state index contributed by atoms with van der Waals surface area (Å²) in [6, 6.07) is 48.0. The van der Waals surface area contributed by atoms with Crippen LogP contribution in [-0.4, -0.2) is 37.2 Å². The number of carbonyl (C=O) groups is 3. The molecule has 8 nitrogen and oxygen atoms in total. The number of aryl methyl sites for hydroxylation is 2. The molecule has 6 aromatic rings. The number of ether oxygens (including phenoxy) is 2. The van der Waals surface area contributed by atoms with Crippen molar-refractivity contribution in [2.24, 2.45) is 0 Å². The Labute approximate surface area is 402 Å². The maximum Gasteiger partial charge on any atom is 0.407 e. The Balaban J connectivity index is 0.853. The summed E-state index contributed by atoms with van der Waals surface area (Å²) in [5.74, 6) is 0.479. The Morgan fingerprint density at radius 3 is 1.93 bits per heavy atom. The first-order chi connectivity index (χ1) is 33.4. The van der Waals surface area contributed by atoms with Crippen molar-refractivity contribution in [3.63, 3.8) is 0 Å². The van der Waals surface area contributed by atoms with E-state index in [2.05, 4.69) is 83.5 Å². The first-order valence-corrected chi connectivity index (χ1v) is 25.1. The first-order valence-electron chi connectivity index (χ1n) is 25.1. The molecule has 3 amide bonds. The molecule has 1 saturated carbocycles. The third kappa shape index (κ3) is 11.0. The summed E-state index contributed by atoms with van der Waals surface area (Å²) in [5, 5.41) is 9.56. The van der Waals surface area contributed by atoms with Gasteiger partial charge in [0.05, 0.1) is 12.1 Å². The number of hydrogen-bond donors (Lipinski definition) is 3. The van der Waals surface area contributed by atoms with Crippen LogP contribution < -0.4 is 20.7 Å². The van der Waals surface area contributed by atoms with Crippen molar-refractivity contribution in [2.75, 3.05) is 13.2 Å². The lowest BCUT2D eigenvalue weighted by atomic mass is 9.88. The fourth-order valence-electron chi connectivity index (χ4n) is 10.8. The molecular formula is C60H65N3O5. The normalized spacial score (nSPS) is 16.7. The molecule has 68 heavy (non-hydrogen) atoms. The molecule has 8 heteroatoms. The van der Waals surface area contributed by atoms with E-state index in [0.29, 0.717) is 18.1 Å². The average Bonchev–Trinajstić information content (AvgIpc) is 3.70. The van der Waals surface area contributed by atoms with Gasteiger partial charge in [0.2, 0.25) is 5.91 Å². The minimum absolute atomic E-state index is 0.0471. The van der Waals surface area contributed by atoms with Gasteiger partial charge in [0.15, 0.2) is 6.61 Å². The third-order valence-corrected chi connectivity index (χ3v) is 14.4. The van der Waals surface area contributed by atoms with E-state index >= 15 is 0 Å². The Morgan fingerprint density at radius 2 is 1.22 bits per heavy atom. The monoisotopic (exact) mass is 907 g/mol. The largest absolute Gasteiger partial charge is 0.484 e. The number of amides is 3. The second-order valence-corrected chi connectivity index (χ2v) is 18.9. The van der Waals surface area contributed by atoms with Crippen LogP contribution in [-0.2, 0) is 27.2 Å². The summed E-state index contributed by atoms with van der Waals surface area (Å²) in [7, 11) is 0. The van der Waals surface area contributed by atoms with Gasteiger partial charge in [0.25, 0.3) is 5.91 Å². The topological polar surface area (TPSA) is 106 Å². The van der Waals surface area contributed by atoms with E-state index in [-0.39, 0.29) is 37.0 Å². The molecule has 3 N–H and O–H groups in total. The minimum atomic E-state index is -0.731.